The Morgan fingerprint density at radius 2 is 2.00 bits per heavy atom. The van der Waals surface area contributed by atoms with Gasteiger partial charge in [0.05, 0.1) is 11.4 Å². The summed E-state index contributed by atoms with van der Waals surface area (Å²) in [5.74, 6) is -0.253. The van der Waals surface area contributed by atoms with E-state index in [9.17, 15) is 4.39 Å². The zero-order valence-corrected chi connectivity index (χ0v) is 10.9. The van der Waals surface area contributed by atoms with E-state index in [1.807, 2.05) is 11.8 Å². The van der Waals surface area contributed by atoms with Gasteiger partial charge in [0.15, 0.2) is 0 Å². The lowest BCUT2D eigenvalue weighted by molar-refractivity contribution is 0.471. The fraction of sp³-hybridized carbons (Fsp3) is 0.538. The maximum atomic E-state index is 13.6. The van der Waals surface area contributed by atoms with E-state index in [4.69, 9.17) is 5.73 Å². The topological polar surface area (TPSA) is 38.0 Å². The van der Waals surface area contributed by atoms with Crippen molar-refractivity contribution in [1.82, 2.24) is 0 Å². The molecule has 94 valence electrons. The number of anilines is 2. The Kier molecular flexibility index (Phi) is 4.15. The molecule has 1 fully saturated rings. The first-order chi connectivity index (χ1) is 8.20. The van der Waals surface area contributed by atoms with Gasteiger partial charge in [-0.15, -0.1) is 0 Å². The maximum Gasteiger partial charge on any atom is 0.148 e. The van der Waals surface area contributed by atoms with Gasteiger partial charge < -0.3 is 11.1 Å². The SMILES string of the molecule is CSC1CCC(Nc2c(N)cccc2F)CC1. The third-order valence-electron chi connectivity index (χ3n) is 3.40. The molecule has 1 saturated carbocycles. The average Bonchev–Trinajstić information content (AvgIpc) is 2.35. The summed E-state index contributed by atoms with van der Waals surface area (Å²) in [6.07, 6.45) is 6.76. The lowest BCUT2D eigenvalue weighted by Gasteiger charge is -2.29. The van der Waals surface area contributed by atoms with E-state index in [1.54, 1.807) is 12.1 Å². The summed E-state index contributed by atoms with van der Waals surface area (Å²) in [4.78, 5) is 0. The first-order valence-electron chi connectivity index (χ1n) is 6.04. The van der Waals surface area contributed by atoms with Crippen molar-refractivity contribution in [3.8, 4) is 0 Å². The van der Waals surface area contributed by atoms with Crippen LogP contribution in [0.25, 0.3) is 0 Å². The fourth-order valence-electron chi connectivity index (χ4n) is 2.34. The second-order valence-corrected chi connectivity index (χ2v) is 5.70. The summed E-state index contributed by atoms with van der Waals surface area (Å²) >= 11 is 1.93. The van der Waals surface area contributed by atoms with E-state index in [1.165, 1.54) is 18.9 Å². The molecule has 0 atom stereocenters. The monoisotopic (exact) mass is 254 g/mol. The van der Waals surface area contributed by atoms with Gasteiger partial charge in [0.1, 0.15) is 5.82 Å². The minimum atomic E-state index is -0.253. The Bertz CT molecular complexity index is 355. The smallest absolute Gasteiger partial charge is 0.148 e. The molecule has 0 heterocycles. The highest BCUT2D eigenvalue weighted by Gasteiger charge is 2.21. The van der Waals surface area contributed by atoms with Crippen LogP contribution in [0.2, 0.25) is 0 Å². The van der Waals surface area contributed by atoms with Crippen LogP contribution >= 0.6 is 11.8 Å². The van der Waals surface area contributed by atoms with Gasteiger partial charge in [-0.05, 0) is 44.1 Å². The summed E-state index contributed by atoms with van der Waals surface area (Å²) in [6, 6.07) is 5.18. The number of benzene rings is 1. The molecule has 1 aliphatic rings. The Labute approximate surface area is 106 Å². The van der Waals surface area contributed by atoms with E-state index >= 15 is 0 Å². The van der Waals surface area contributed by atoms with Gasteiger partial charge in [0, 0.05) is 11.3 Å². The molecular weight excluding hydrogens is 235 g/mol. The van der Waals surface area contributed by atoms with E-state index in [2.05, 4.69) is 11.6 Å². The van der Waals surface area contributed by atoms with Gasteiger partial charge in [-0.1, -0.05) is 6.07 Å². The number of rotatable bonds is 3. The largest absolute Gasteiger partial charge is 0.397 e. The van der Waals surface area contributed by atoms with E-state index in [0.29, 0.717) is 17.4 Å². The lowest BCUT2D eigenvalue weighted by Crippen LogP contribution is -2.27. The number of halogens is 1. The highest BCUT2D eigenvalue weighted by molar-refractivity contribution is 7.99. The van der Waals surface area contributed by atoms with Crippen LogP contribution in [0, 0.1) is 5.82 Å². The van der Waals surface area contributed by atoms with Crippen molar-refractivity contribution in [2.45, 2.75) is 37.0 Å². The van der Waals surface area contributed by atoms with Gasteiger partial charge in [-0.25, -0.2) is 4.39 Å². The highest BCUT2D eigenvalue weighted by atomic mass is 32.2. The Balaban J connectivity index is 1.98. The molecule has 4 heteroatoms. The Morgan fingerprint density at radius 1 is 1.29 bits per heavy atom. The first-order valence-corrected chi connectivity index (χ1v) is 7.33. The molecule has 1 aromatic carbocycles. The van der Waals surface area contributed by atoms with Crippen molar-refractivity contribution in [3.05, 3.63) is 24.0 Å². The van der Waals surface area contributed by atoms with Crippen LogP contribution in [0.15, 0.2) is 18.2 Å². The van der Waals surface area contributed by atoms with Crippen molar-refractivity contribution in [2.24, 2.45) is 0 Å². The van der Waals surface area contributed by atoms with Gasteiger partial charge in [-0.3, -0.25) is 0 Å². The summed E-state index contributed by atoms with van der Waals surface area (Å²) in [5.41, 5.74) is 6.75. The van der Waals surface area contributed by atoms with Gasteiger partial charge >= 0.3 is 0 Å². The zero-order chi connectivity index (χ0) is 12.3. The normalized spacial score (nSPS) is 24.6. The second kappa shape index (κ2) is 5.63. The number of hydrogen-bond acceptors (Lipinski definition) is 3. The molecule has 0 aromatic heterocycles. The van der Waals surface area contributed by atoms with E-state index < -0.39 is 0 Å². The van der Waals surface area contributed by atoms with Crippen molar-refractivity contribution in [3.63, 3.8) is 0 Å². The fourth-order valence-corrected chi connectivity index (χ4v) is 3.08. The lowest BCUT2D eigenvalue weighted by atomic mass is 9.94. The predicted molar refractivity (Wildman–Crippen MR) is 74.0 cm³/mol. The Hall–Kier alpha value is -0.900. The van der Waals surface area contributed by atoms with Crippen molar-refractivity contribution < 1.29 is 4.39 Å². The van der Waals surface area contributed by atoms with Crippen LogP contribution in [0.4, 0.5) is 15.8 Å². The second-order valence-electron chi connectivity index (χ2n) is 4.56. The van der Waals surface area contributed by atoms with Crippen LogP contribution in [0.3, 0.4) is 0 Å². The number of hydrogen-bond donors (Lipinski definition) is 2. The van der Waals surface area contributed by atoms with Crippen molar-refractivity contribution in [1.29, 1.82) is 0 Å². The predicted octanol–water partition coefficient (Wildman–Crippen LogP) is 3.49. The summed E-state index contributed by atoms with van der Waals surface area (Å²) in [5, 5.41) is 4.02. The minimum Gasteiger partial charge on any atom is -0.397 e. The minimum absolute atomic E-state index is 0.253. The van der Waals surface area contributed by atoms with Crippen molar-refractivity contribution in [2.75, 3.05) is 17.3 Å². The van der Waals surface area contributed by atoms with Crippen LogP contribution < -0.4 is 11.1 Å². The molecule has 0 unspecified atom stereocenters. The molecule has 1 aliphatic carbocycles. The molecule has 0 saturated heterocycles. The zero-order valence-electron chi connectivity index (χ0n) is 10.1. The number of thioether (sulfide) groups is 1. The molecule has 3 N–H and O–H groups in total. The number of nitrogens with two attached hydrogens (primary N) is 1. The van der Waals surface area contributed by atoms with Crippen LogP contribution in [-0.2, 0) is 0 Å². The number of nitrogen functional groups attached to an aromatic ring is 1. The summed E-state index contributed by atoms with van der Waals surface area (Å²) < 4.78 is 13.6. The van der Waals surface area contributed by atoms with Gasteiger partial charge in [0.2, 0.25) is 0 Å². The first kappa shape index (κ1) is 12.6. The molecule has 0 bridgehead atoms. The molecule has 2 rings (SSSR count). The van der Waals surface area contributed by atoms with Crippen LogP contribution in [0.5, 0.6) is 0 Å². The molecule has 17 heavy (non-hydrogen) atoms. The Morgan fingerprint density at radius 3 is 2.59 bits per heavy atom. The van der Waals surface area contributed by atoms with Crippen LogP contribution in [-0.4, -0.2) is 17.5 Å². The third kappa shape index (κ3) is 3.06. The number of para-hydroxylation sites is 1. The average molecular weight is 254 g/mol. The highest BCUT2D eigenvalue weighted by Crippen LogP contribution is 2.30. The summed E-state index contributed by atoms with van der Waals surface area (Å²) in [7, 11) is 0. The van der Waals surface area contributed by atoms with Gasteiger partial charge in [-0.2, -0.15) is 11.8 Å². The van der Waals surface area contributed by atoms with Gasteiger partial charge in [0.25, 0.3) is 0 Å². The van der Waals surface area contributed by atoms with E-state index in [0.717, 1.165) is 18.1 Å². The quantitative estimate of drug-likeness (QED) is 0.811. The van der Waals surface area contributed by atoms with Crippen LogP contribution in [0.1, 0.15) is 25.7 Å². The molecule has 0 radical (unpaired) electrons. The third-order valence-corrected chi connectivity index (χ3v) is 4.54. The standard InChI is InChI=1S/C13H19FN2S/c1-17-10-7-5-9(6-8-10)16-13-11(14)3-2-4-12(13)15/h2-4,9-10,16H,5-8,15H2,1H3. The molecule has 0 amide bonds. The molecular formula is C13H19FN2S. The number of nitrogens with one attached hydrogen (secondary N) is 1. The van der Waals surface area contributed by atoms with Crippen molar-refractivity contribution >= 4 is 23.1 Å². The molecule has 2 nitrogen and oxygen atoms in total. The molecule has 1 aromatic rings. The van der Waals surface area contributed by atoms with E-state index in [-0.39, 0.29) is 5.82 Å². The maximum absolute atomic E-state index is 13.6. The summed E-state index contributed by atoms with van der Waals surface area (Å²) in [6.45, 7) is 0. The molecule has 0 spiro atoms. The molecule has 0 aliphatic heterocycles.